The number of morpholine rings is 1. The third-order valence-electron chi connectivity index (χ3n) is 2.44. The molecule has 0 N–H and O–H groups in total. The molecule has 1 saturated heterocycles. The summed E-state index contributed by atoms with van der Waals surface area (Å²) < 4.78 is 5.30. The van der Waals surface area contributed by atoms with E-state index in [9.17, 15) is 4.91 Å². The Kier molecular flexibility index (Phi) is 4.75. The van der Waals surface area contributed by atoms with Crippen LogP contribution in [0.15, 0.2) is 5.29 Å². The quantitative estimate of drug-likeness (QED) is 0.487. The van der Waals surface area contributed by atoms with Crippen molar-refractivity contribution >= 4 is 0 Å². The van der Waals surface area contributed by atoms with Gasteiger partial charge in [0.25, 0.3) is 0 Å². The molecule has 13 heavy (non-hydrogen) atoms. The molecule has 76 valence electrons. The number of ether oxygens (including phenoxy) is 1. The van der Waals surface area contributed by atoms with Crippen LogP contribution in [0.2, 0.25) is 0 Å². The fraction of sp³-hybridized carbons (Fsp3) is 1.00. The predicted molar refractivity (Wildman–Crippen MR) is 51.3 cm³/mol. The zero-order valence-electron chi connectivity index (χ0n) is 8.24. The fourth-order valence-corrected chi connectivity index (χ4v) is 1.62. The van der Waals surface area contributed by atoms with Crippen molar-refractivity contribution in [1.29, 1.82) is 0 Å². The minimum absolute atomic E-state index is 0.220. The van der Waals surface area contributed by atoms with E-state index in [1.54, 1.807) is 5.01 Å². The van der Waals surface area contributed by atoms with Gasteiger partial charge in [0, 0.05) is 0 Å². The molecule has 1 rings (SSSR count). The Bertz CT molecular complexity index is 153. The summed E-state index contributed by atoms with van der Waals surface area (Å²) in [5, 5.41) is 4.64. The van der Waals surface area contributed by atoms with Gasteiger partial charge in [0.05, 0.1) is 31.1 Å². The average Bonchev–Trinajstić information content (AvgIpc) is 2.19. The van der Waals surface area contributed by atoms with Gasteiger partial charge in [0.15, 0.2) is 0 Å². The van der Waals surface area contributed by atoms with Gasteiger partial charge in [-0.25, -0.2) is 0 Å². The lowest BCUT2D eigenvalue weighted by molar-refractivity contribution is -0.0110. The van der Waals surface area contributed by atoms with Gasteiger partial charge in [-0.15, -0.1) is 4.91 Å². The van der Waals surface area contributed by atoms with E-state index in [1.165, 1.54) is 12.8 Å². The lowest BCUT2D eigenvalue weighted by atomic mass is 10.1. The highest BCUT2D eigenvalue weighted by Crippen LogP contribution is 2.14. The molecule has 0 saturated carbocycles. The van der Waals surface area contributed by atoms with Crippen LogP contribution in [0.5, 0.6) is 0 Å². The standard InChI is InChI=1S/C9H18N2O2/c1-2-3-4-5-9-8-13-7-6-11(9)10-12/h9H,2-8H2,1H3. The van der Waals surface area contributed by atoms with Crippen LogP contribution in [0.3, 0.4) is 0 Å². The molecule has 0 aromatic rings. The van der Waals surface area contributed by atoms with Crippen molar-refractivity contribution in [3.63, 3.8) is 0 Å². The van der Waals surface area contributed by atoms with Crippen LogP contribution in [-0.4, -0.2) is 30.8 Å². The van der Waals surface area contributed by atoms with E-state index in [0.717, 1.165) is 12.8 Å². The second-order valence-electron chi connectivity index (χ2n) is 3.47. The minimum Gasteiger partial charge on any atom is -0.377 e. The van der Waals surface area contributed by atoms with Gasteiger partial charge in [-0.1, -0.05) is 26.2 Å². The summed E-state index contributed by atoms with van der Waals surface area (Å²) in [6.45, 7) is 4.12. The first kappa shape index (κ1) is 10.4. The van der Waals surface area contributed by atoms with Gasteiger partial charge >= 0.3 is 0 Å². The molecule has 1 aliphatic rings. The van der Waals surface area contributed by atoms with Crippen molar-refractivity contribution in [3.05, 3.63) is 4.91 Å². The van der Waals surface area contributed by atoms with Crippen LogP contribution >= 0.6 is 0 Å². The van der Waals surface area contributed by atoms with Gasteiger partial charge in [0.1, 0.15) is 0 Å². The maximum atomic E-state index is 10.4. The highest BCUT2D eigenvalue weighted by atomic mass is 16.5. The summed E-state index contributed by atoms with van der Waals surface area (Å²) in [5.74, 6) is 0. The number of hydrogen-bond acceptors (Lipinski definition) is 3. The highest BCUT2D eigenvalue weighted by Gasteiger charge is 2.21. The second-order valence-corrected chi connectivity index (χ2v) is 3.47. The van der Waals surface area contributed by atoms with Crippen molar-refractivity contribution < 1.29 is 4.74 Å². The van der Waals surface area contributed by atoms with Crippen LogP contribution in [-0.2, 0) is 4.74 Å². The largest absolute Gasteiger partial charge is 0.377 e. The number of nitroso groups, excluding NO2 is 1. The molecule has 0 aromatic carbocycles. The van der Waals surface area contributed by atoms with Gasteiger partial charge in [-0.3, -0.25) is 5.01 Å². The van der Waals surface area contributed by atoms with Crippen molar-refractivity contribution in [2.75, 3.05) is 19.8 Å². The number of nitrogens with zero attached hydrogens (tertiary/aromatic N) is 2. The summed E-state index contributed by atoms with van der Waals surface area (Å²) in [6.07, 6.45) is 4.63. The van der Waals surface area contributed by atoms with Gasteiger partial charge in [0.2, 0.25) is 0 Å². The molecular formula is C9H18N2O2. The lowest BCUT2D eigenvalue weighted by Crippen LogP contribution is -2.41. The van der Waals surface area contributed by atoms with E-state index in [4.69, 9.17) is 4.74 Å². The van der Waals surface area contributed by atoms with E-state index >= 15 is 0 Å². The molecular weight excluding hydrogens is 168 g/mol. The van der Waals surface area contributed by atoms with E-state index in [2.05, 4.69) is 12.2 Å². The Labute approximate surface area is 79.2 Å². The number of unbranched alkanes of at least 4 members (excludes halogenated alkanes) is 2. The minimum atomic E-state index is 0.220. The second kappa shape index (κ2) is 5.91. The molecule has 4 heteroatoms. The summed E-state index contributed by atoms with van der Waals surface area (Å²) in [6, 6.07) is 0.220. The zero-order chi connectivity index (χ0) is 9.52. The molecule has 0 radical (unpaired) electrons. The SMILES string of the molecule is CCCCCC1COCCN1N=O. The van der Waals surface area contributed by atoms with E-state index in [1.807, 2.05) is 0 Å². The first-order valence-electron chi connectivity index (χ1n) is 5.06. The maximum absolute atomic E-state index is 10.4. The first-order valence-corrected chi connectivity index (χ1v) is 5.06. The molecule has 0 amide bonds. The molecule has 0 aliphatic carbocycles. The topological polar surface area (TPSA) is 41.9 Å². The summed E-state index contributed by atoms with van der Waals surface area (Å²) in [7, 11) is 0. The van der Waals surface area contributed by atoms with E-state index < -0.39 is 0 Å². The number of hydrogen-bond donors (Lipinski definition) is 0. The Morgan fingerprint density at radius 3 is 3.08 bits per heavy atom. The highest BCUT2D eigenvalue weighted by molar-refractivity contribution is 4.71. The molecule has 1 aliphatic heterocycles. The molecule has 1 atom stereocenters. The number of rotatable bonds is 5. The lowest BCUT2D eigenvalue weighted by Gasteiger charge is -2.30. The van der Waals surface area contributed by atoms with Gasteiger partial charge in [-0.05, 0) is 6.42 Å². The summed E-state index contributed by atoms with van der Waals surface area (Å²) >= 11 is 0. The van der Waals surface area contributed by atoms with Crippen LogP contribution in [0.1, 0.15) is 32.6 Å². The molecule has 1 heterocycles. The molecule has 1 unspecified atom stereocenters. The Morgan fingerprint density at radius 2 is 2.38 bits per heavy atom. The first-order chi connectivity index (χ1) is 6.38. The van der Waals surface area contributed by atoms with Crippen LogP contribution in [0, 0.1) is 4.91 Å². The van der Waals surface area contributed by atoms with Crippen molar-refractivity contribution in [2.24, 2.45) is 5.29 Å². The predicted octanol–water partition coefficient (Wildman–Crippen LogP) is 1.95. The smallest absolute Gasteiger partial charge is 0.0737 e. The van der Waals surface area contributed by atoms with Gasteiger partial charge in [-0.2, -0.15) is 0 Å². The van der Waals surface area contributed by atoms with Crippen molar-refractivity contribution in [2.45, 2.75) is 38.6 Å². The molecule has 0 bridgehead atoms. The molecule has 4 nitrogen and oxygen atoms in total. The average molecular weight is 186 g/mol. The molecule has 0 spiro atoms. The Balaban J connectivity index is 2.23. The van der Waals surface area contributed by atoms with Crippen LogP contribution < -0.4 is 0 Å². The Hall–Kier alpha value is -0.640. The monoisotopic (exact) mass is 186 g/mol. The normalized spacial score (nSPS) is 23.2. The summed E-state index contributed by atoms with van der Waals surface area (Å²) in [5.41, 5.74) is 0. The van der Waals surface area contributed by atoms with E-state index in [-0.39, 0.29) is 6.04 Å². The van der Waals surface area contributed by atoms with Crippen LogP contribution in [0.25, 0.3) is 0 Å². The van der Waals surface area contributed by atoms with Crippen molar-refractivity contribution in [1.82, 2.24) is 5.01 Å². The third-order valence-corrected chi connectivity index (χ3v) is 2.44. The van der Waals surface area contributed by atoms with Crippen molar-refractivity contribution in [3.8, 4) is 0 Å². The van der Waals surface area contributed by atoms with E-state index in [0.29, 0.717) is 19.8 Å². The fourth-order valence-electron chi connectivity index (χ4n) is 1.62. The Morgan fingerprint density at radius 1 is 1.54 bits per heavy atom. The van der Waals surface area contributed by atoms with Crippen LogP contribution in [0.4, 0.5) is 0 Å². The van der Waals surface area contributed by atoms with Gasteiger partial charge < -0.3 is 4.74 Å². The zero-order valence-corrected chi connectivity index (χ0v) is 8.24. The molecule has 1 fully saturated rings. The molecule has 0 aromatic heterocycles. The maximum Gasteiger partial charge on any atom is 0.0737 e. The third kappa shape index (κ3) is 3.30. The summed E-state index contributed by atoms with van der Waals surface area (Å²) in [4.78, 5) is 10.4.